The molecule has 3 aromatic rings. The Balaban J connectivity index is 2.27. The van der Waals surface area contributed by atoms with Gasteiger partial charge in [0.1, 0.15) is 0 Å². The van der Waals surface area contributed by atoms with Crippen LogP contribution in [0.25, 0.3) is 22.3 Å². The number of benzene rings is 3. The van der Waals surface area contributed by atoms with E-state index in [4.69, 9.17) is 5.73 Å². The summed E-state index contributed by atoms with van der Waals surface area (Å²) in [5.41, 5.74) is 13.0. The van der Waals surface area contributed by atoms with Crippen molar-refractivity contribution in [2.75, 3.05) is 5.73 Å². The number of nitrogens with two attached hydrogens (primary N) is 1. The van der Waals surface area contributed by atoms with E-state index in [2.05, 4.69) is 55.1 Å². The lowest BCUT2D eigenvalue weighted by molar-refractivity contribution is 1.28. The van der Waals surface area contributed by atoms with Gasteiger partial charge in [0.2, 0.25) is 0 Å². The van der Waals surface area contributed by atoms with Crippen molar-refractivity contribution in [3.05, 3.63) is 91.0 Å². The van der Waals surface area contributed by atoms with Crippen LogP contribution in [0.5, 0.6) is 0 Å². The monoisotopic (exact) mass is 285 g/mol. The van der Waals surface area contributed by atoms with Gasteiger partial charge in [-0.1, -0.05) is 78.9 Å². The zero-order valence-corrected chi connectivity index (χ0v) is 12.5. The van der Waals surface area contributed by atoms with E-state index in [1.807, 2.05) is 30.3 Å². The van der Waals surface area contributed by atoms with Gasteiger partial charge in [-0.2, -0.15) is 0 Å². The predicted octanol–water partition coefficient (Wildman–Crippen LogP) is 5.33. The zero-order valence-electron chi connectivity index (χ0n) is 12.5. The smallest absolute Gasteiger partial charge is 0.0435 e. The molecule has 0 bridgehead atoms. The molecule has 0 saturated carbocycles. The Bertz CT molecular complexity index is 774. The SMILES string of the molecule is C=CCc1ccc(-c2ccccc2)c(-c2ccccc2)c1N. The fraction of sp³-hybridized carbons (Fsp3) is 0.0476. The molecule has 0 unspecified atom stereocenters. The van der Waals surface area contributed by atoms with E-state index < -0.39 is 0 Å². The van der Waals surface area contributed by atoms with Crippen LogP contribution in [0.15, 0.2) is 85.5 Å². The number of nitrogen functional groups attached to an aromatic ring is 1. The van der Waals surface area contributed by atoms with Gasteiger partial charge in [-0.25, -0.2) is 0 Å². The summed E-state index contributed by atoms with van der Waals surface area (Å²) in [6.45, 7) is 3.82. The third kappa shape index (κ3) is 2.66. The van der Waals surface area contributed by atoms with Crippen molar-refractivity contribution < 1.29 is 0 Å². The maximum atomic E-state index is 6.49. The molecular formula is C21H19N. The molecule has 1 heteroatoms. The Hall–Kier alpha value is -2.80. The number of rotatable bonds is 4. The molecule has 0 aliphatic rings. The standard InChI is InChI=1S/C21H19N/c1-2-9-18-14-15-19(16-10-5-3-6-11-16)20(21(18)22)17-12-7-4-8-13-17/h2-8,10-15H,1,9,22H2. The van der Waals surface area contributed by atoms with Crippen LogP contribution in [-0.2, 0) is 6.42 Å². The van der Waals surface area contributed by atoms with E-state index in [9.17, 15) is 0 Å². The lowest BCUT2D eigenvalue weighted by Crippen LogP contribution is -1.99. The molecule has 0 amide bonds. The number of hydrogen-bond acceptors (Lipinski definition) is 1. The van der Waals surface area contributed by atoms with E-state index in [1.165, 1.54) is 5.56 Å². The van der Waals surface area contributed by atoms with Gasteiger partial charge in [0.15, 0.2) is 0 Å². The van der Waals surface area contributed by atoms with Crippen molar-refractivity contribution in [3.63, 3.8) is 0 Å². The summed E-state index contributed by atoms with van der Waals surface area (Å²) >= 11 is 0. The topological polar surface area (TPSA) is 26.0 Å². The lowest BCUT2D eigenvalue weighted by atomic mass is 9.90. The van der Waals surface area contributed by atoms with Gasteiger partial charge >= 0.3 is 0 Å². The highest BCUT2D eigenvalue weighted by Gasteiger charge is 2.13. The third-order valence-electron chi connectivity index (χ3n) is 3.85. The number of hydrogen-bond donors (Lipinski definition) is 1. The van der Waals surface area contributed by atoms with Crippen LogP contribution in [0.1, 0.15) is 5.56 Å². The lowest BCUT2D eigenvalue weighted by Gasteiger charge is -2.16. The first kappa shape index (κ1) is 14.2. The quantitative estimate of drug-likeness (QED) is 0.509. The number of anilines is 1. The Morgan fingerprint density at radius 1 is 0.773 bits per heavy atom. The molecule has 0 aliphatic carbocycles. The minimum atomic E-state index is 0.779. The zero-order chi connectivity index (χ0) is 15.4. The summed E-state index contributed by atoms with van der Waals surface area (Å²) in [4.78, 5) is 0. The summed E-state index contributed by atoms with van der Waals surface area (Å²) in [5.74, 6) is 0. The normalized spacial score (nSPS) is 10.4. The molecule has 0 aromatic heterocycles. The molecule has 0 fully saturated rings. The van der Waals surface area contributed by atoms with Crippen LogP contribution in [0.4, 0.5) is 5.69 Å². The minimum Gasteiger partial charge on any atom is -0.398 e. The Kier molecular flexibility index (Phi) is 4.06. The van der Waals surface area contributed by atoms with Gasteiger partial charge in [-0.3, -0.25) is 0 Å². The highest BCUT2D eigenvalue weighted by molar-refractivity contribution is 5.92. The van der Waals surface area contributed by atoms with Crippen LogP contribution >= 0.6 is 0 Å². The van der Waals surface area contributed by atoms with E-state index in [0.29, 0.717) is 0 Å². The maximum Gasteiger partial charge on any atom is 0.0435 e. The fourth-order valence-corrected chi connectivity index (χ4v) is 2.77. The molecule has 3 aromatic carbocycles. The van der Waals surface area contributed by atoms with Gasteiger partial charge < -0.3 is 5.73 Å². The molecule has 0 spiro atoms. The van der Waals surface area contributed by atoms with E-state index in [0.717, 1.165) is 34.4 Å². The predicted molar refractivity (Wildman–Crippen MR) is 95.6 cm³/mol. The largest absolute Gasteiger partial charge is 0.398 e. The summed E-state index contributed by atoms with van der Waals surface area (Å²) in [7, 11) is 0. The van der Waals surface area contributed by atoms with Crippen molar-refractivity contribution in [1.29, 1.82) is 0 Å². The summed E-state index contributed by atoms with van der Waals surface area (Å²) in [6.07, 6.45) is 2.67. The van der Waals surface area contributed by atoms with Crippen LogP contribution in [0, 0.1) is 0 Å². The van der Waals surface area contributed by atoms with Gasteiger partial charge in [-0.15, -0.1) is 6.58 Å². The second-order valence-corrected chi connectivity index (χ2v) is 5.29. The molecule has 0 saturated heterocycles. The van der Waals surface area contributed by atoms with E-state index in [-0.39, 0.29) is 0 Å². The molecule has 108 valence electrons. The fourth-order valence-electron chi connectivity index (χ4n) is 2.77. The Labute approximate surface area is 131 Å². The van der Waals surface area contributed by atoms with Crippen LogP contribution < -0.4 is 5.73 Å². The number of allylic oxidation sites excluding steroid dienone is 1. The van der Waals surface area contributed by atoms with Crippen molar-refractivity contribution in [2.24, 2.45) is 0 Å². The molecular weight excluding hydrogens is 266 g/mol. The molecule has 0 radical (unpaired) electrons. The summed E-state index contributed by atoms with van der Waals surface area (Å²) < 4.78 is 0. The Morgan fingerprint density at radius 2 is 1.36 bits per heavy atom. The highest BCUT2D eigenvalue weighted by Crippen LogP contribution is 2.38. The summed E-state index contributed by atoms with van der Waals surface area (Å²) in [5, 5.41) is 0. The van der Waals surface area contributed by atoms with Crippen molar-refractivity contribution in [3.8, 4) is 22.3 Å². The molecule has 0 atom stereocenters. The maximum absolute atomic E-state index is 6.49. The molecule has 22 heavy (non-hydrogen) atoms. The third-order valence-corrected chi connectivity index (χ3v) is 3.85. The van der Waals surface area contributed by atoms with Crippen molar-refractivity contribution in [2.45, 2.75) is 6.42 Å². The molecule has 0 aliphatic heterocycles. The average molecular weight is 285 g/mol. The van der Waals surface area contributed by atoms with E-state index >= 15 is 0 Å². The molecule has 3 rings (SSSR count). The van der Waals surface area contributed by atoms with Crippen molar-refractivity contribution >= 4 is 5.69 Å². The second-order valence-electron chi connectivity index (χ2n) is 5.29. The second kappa shape index (κ2) is 6.31. The van der Waals surface area contributed by atoms with Crippen LogP contribution in [-0.4, -0.2) is 0 Å². The van der Waals surface area contributed by atoms with Gasteiger partial charge in [0.05, 0.1) is 0 Å². The first-order valence-corrected chi connectivity index (χ1v) is 7.44. The first-order valence-electron chi connectivity index (χ1n) is 7.44. The summed E-state index contributed by atoms with van der Waals surface area (Å²) in [6, 6.07) is 25.0. The van der Waals surface area contributed by atoms with Gasteiger partial charge in [0, 0.05) is 11.3 Å². The van der Waals surface area contributed by atoms with Crippen molar-refractivity contribution in [1.82, 2.24) is 0 Å². The minimum absolute atomic E-state index is 0.779. The Morgan fingerprint density at radius 3 is 1.95 bits per heavy atom. The average Bonchev–Trinajstić information content (AvgIpc) is 2.58. The first-order chi connectivity index (χ1) is 10.8. The van der Waals surface area contributed by atoms with E-state index in [1.54, 1.807) is 0 Å². The van der Waals surface area contributed by atoms with Crippen LogP contribution in [0.2, 0.25) is 0 Å². The van der Waals surface area contributed by atoms with Gasteiger partial charge in [0.25, 0.3) is 0 Å². The molecule has 0 heterocycles. The molecule has 2 N–H and O–H groups in total. The van der Waals surface area contributed by atoms with Gasteiger partial charge in [-0.05, 0) is 28.7 Å². The highest BCUT2D eigenvalue weighted by atomic mass is 14.6. The van der Waals surface area contributed by atoms with Crippen LogP contribution in [0.3, 0.4) is 0 Å². The molecule has 1 nitrogen and oxygen atoms in total.